The van der Waals surface area contributed by atoms with E-state index in [2.05, 4.69) is 10.6 Å². The molecule has 1 saturated heterocycles. The van der Waals surface area contributed by atoms with E-state index in [9.17, 15) is 4.79 Å². The molecule has 0 spiro atoms. The lowest BCUT2D eigenvalue weighted by Gasteiger charge is -2.24. The van der Waals surface area contributed by atoms with Crippen molar-refractivity contribution in [2.24, 2.45) is 5.92 Å². The first kappa shape index (κ1) is 13.2. The number of carbonyl (C=O) groups is 1. The molecule has 2 aliphatic rings. The minimum Gasteiger partial charge on any atom is -0.486 e. The van der Waals surface area contributed by atoms with Gasteiger partial charge in [-0.25, -0.2) is 0 Å². The van der Waals surface area contributed by atoms with Crippen LogP contribution in [0.15, 0.2) is 18.2 Å². The van der Waals surface area contributed by atoms with Gasteiger partial charge in [0.05, 0.1) is 5.56 Å². The summed E-state index contributed by atoms with van der Waals surface area (Å²) in [5.74, 6) is 1.66. The molecule has 20 heavy (non-hydrogen) atoms. The zero-order chi connectivity index (χ0) is 13.8. The van der Waals surface area contributed by atoms with Crippen LogP contribution in [0.25, 0.3) is 0 Å². The molecule has 1 amide bonds. The van der Waals surface area contributed by atoms with Gasteiger partial charge in [-0.3, -0.25) is 4.79 Å². The molecule has 5 heteroatoms. The van der Waals surface area contributed by atoms with Gasteiger partial charge in [0, 0.05) is 6.54 Å². The number of hydrogen-bond acceptors (Lipinski definition) is 4. The van der Waals surface area contributed by atoms with Gasteiger partial charge in [0.15, 0.2) is 11.5 Å². The van der Waals surface area contributed by atoms with Crippen molar-refractivity contribution in [1.82, 2.24) is 10.6 Å². The molecule has 2 aliphatic heterocycles. The topological polar surface area (TPSA) is 59.6 Å². The highest BCUT2D eigenvalue weighted by atomic mass is 16.6. The first-order chi connectivity index (χ1) is 9.84. The summed E-state index contributed by atoms with van der Waals surface area (Å²) < 4.78 is 11.1. The summed E-state index contributed by atoms with van der Waals surface area (Å²) >= 11 is 0. The lowest BCUT2D eigenvalue weighted by Crippen LogP contribution is -2.38. The van der Waals surface area contributed by atoms with Crippen LogP contribution in [-0.2, 0) is 0 Å². The minimum absolute atomic E-state index is 0.0853. The van der Waals surface area contributed by atoms with Crippen LogP contribution in [-0.4, -0.2) is 38.8 Å². The van der Waals surface area contributed by atoms with E-state index in [1.54, 1.807) is 6.07 Å². The number of piperidine rings is 1. The van der Waals surface area contributed by atoms with Crippen LogP contribution in [0.2, 0.25) is 0 Å². The molecule has 1 fully saturated rings. The molecule has 0 radical (unpaired) electrons. The maximum atomic E-state index is 12.3. The zero-order valence-corrected chi connectivity index (χ0v) is 11.5. The lowest BCUT2D eigenvalue weighted by atomic mass is 9.99. The molecule has 3 rings (SSSR count). The Balaban J connectivity index is 1.64. The average Bonchev–Trinajstić information content (AvgIpc) is 2.53. The van der Waals surface area contributed by atoms with Crippen molar-refractivity contribution in [1.29, 1.82) is 0 Å². The molecule has 1 unspecified atom stereocenters. The molecule has 0 saturated carbocycles. The third kappa shape index (κ3) is 2.88. The molecule has 2 N–H and O–H groups in total. The maximum Gasteiger partial charge on any atom is 0.255 e. The highest BCUT2D eigenvalue weighted by molar-refractivity contribution is 5.97. The summed E-state index contributed by atoms with van der Waals surface area (Å²) in [6, 6.07) is 5.43. The molecule has 108 valence electrons. The standard InChI is InChI=1S/C15H20N2O3/c18-15(17-10-11-3-2-6-16-9-11)12-4-1-5-13-14(12)20-8-7-19-13/h1,4-5,11,16H,2-3,6-10H2,(H,17,18). The van der Waals surface area contributed by atoms with Gasteiger partial charge in [-0.05, 0) is 44.0 Å². The second-order valence-corrected chi connectivity index (χ2v) is 5.25. The lowest BCUT2D eigenvalue weighted by molar-refractivity contribution is 0.0934. The summed E-state index contributed by atoms with van der Waals surface area (Å²) in [6.07, 6.45) is 2.35. The Morgan fingerprint density at radius 3 is 3.10 bits per heavy atom. The summed E-state index contributed by atoms with van der Waals surface area (Å²) in [7, 11) is 0. The molecule has 5 nitrogen and oxygen atoms in total. The van der Waals surface area contributed by atoms with E-state index in [4.69, 9.17) is 9.47 Å². The normalized spacial score (nSPS) is 21.3. The molecule has 0 bridgehead atoms. The molecule has 0 aromatic heterocycles. The van der Waals surface area contributed by atoms with Gasteiger partial charge in [-0.2, -0.15) is 0 Å². The number of para-hydroxylation sites is 1. The van der Waals surface area contributed by atoms with Gasteiger partial charge in [0.1, 0.15) is 13.2 Å². The molecule has 1 atom stereocenters. The van der Waals surface area contributed by atoms with Crippen LogP contribution >= 0.6 is 0 Å². The molecule has 2 heterocycles. The van der Waals surface area contributed by atoms with Gasteiger partial charge in [0.25, 0.3) is 5.91 Å². The fourth-order valence-corrected chi connectivity index (χ4v) is 2.68. The number of hydrogen-bond donors (Lipinski definition) is 2. The van der Waals surface area contributed by atoms with Crippen molar-refractivity contribution in [2.45, 2.75) is 12.8 Å². The molecular formula is C15H20N2O3. The number of nitrogens with one attached hydrogen (secondary N) is 2. The Bertz CT molecular complexity index is 484. The van der Waals surface area contributed by atoms with Crippen molar-refractivity contribution in [2.75, 3.05) is 32.8 Å². The predicted octanol–water partition coefficient (Wildman–Crippen LogP) is 1.19. The Hall–Kier alpha value is -1.75. The number of rotatable bonds is 3. The fraction of sp³-hybridized carbons (Fsp3) is 0.533. The zero-order valence-electron chi connectivity index (χ0n) is 11.5. The highest BCUT2D eigenvalue weighted by Gasteiger charge is 2.21. The predicted molar refractivity (Wildman–Crippen MR) is 75.4 cm³/mol. The Morgan fingerprint density at radius 1 is 1.35 bits per heavy atom. The summed E-state index contributed by atoms with van der Waals surface area (Å²) in [5.41, 5.74) is 0.561. The van der Waals surface area contributed by atoms with Crippen LogP contribution in [0.3, 0.4) is 0 Å². The summed E-state index contributed by atoms with van der Waals surface area (Å²) in [5, 5.41) is 6.36. The third-order valence-corrected chi connectivity index (χ3v) is 3.76. The van der Waals surface area contributed by atoms with E-state index in [-0.39, 0.29) is 5.91 Å². The van der Waals surface area contributed by atoms with Gasteiger partial charge >= 0.3 is 0 Å². The van der Waals surface area contributed by atoms with Crippen LogP contribution in [0.4, 0.5) is 0 Å². The SMILES string of the molecule is O=C(NCC1CCCNC1)c1cccc2c1OCCO2. The second-order valence-electron chi connectivity index (χ2n) is 5.25. The van der Waals surface area contributed by atoms with Crippen LogP contribution in [0.1, 0.15) is 23.2 Å². The number of amides is 1. The second kappa shape index (κ2) is 6.13. The van der Waals surface area contributed by atoms with Crippen LogP contribution < -0.4 is 20.1 Å². The number of benzene rings is 1. The van der Waals surface area contributed by atoms with Crippen molar-refractivity contribution in [3.05, 3.63) is 23.8 Å². The van der Waals surface area contributed by atoms with Gasteiger partial charge in [0.2, 0.25) is 0 Å². The van der Waals surface area contributed by atoms with E-state index in [1.165, 1.54) is 12.8 Å². The maximum absolute atomic E-state index is 12.3. The Morgan fingerprint density at radius 2 is 2.25 bits per heavy atom. The number of ether oxygens (including phenoxy) is 2. The number of fused-ring (bicyclic) bond motifs is 1. The van der Waals surface area contributed by atoms with Crippen LogP contribution in [0.5, 0.6) is 11.5 Å². The number of carbonyl (C=O) groups excluding carboxylic acids is 1. The van der Waals surface area contributed by atoms with E-state index < -0.39 is 0 Å². The smallest absolute Gasteiger partial charge is 0.255 e. The molecule has 1 aromatic carbocycles. The van der Waals surface area contributed by atoms with Crippen molar-refractivity contribution < 1.29 is 14.3 Å². The minimum atomic E-state index is -0.0853. The van der Waals surface area contributed by atoms with E-state index >= 15 is 0 Å². The van der Waals surface area contributed by atoms with Crippen molar-refractivity contribution >= 4 is 5.91 Å². The van der Waals surface area contributed by atoms with Gasteiger partial charge in [-0.1, -0.05) is 6.07 Å². The van der Waals surface area contributed by atoms with E-state index in [0.29, 0.717) is 42.7 Å². The Labute approximate surface area is 118 Å². The first-order valence-electron chi connectivity index (χ1n) is 7.22. The largest absolute Gasteiger partial charge is 0.486 e. The Kier molecular flexibility index (Phi) is 4.06. The molecule has 1 aromatic rings. The van der Waals surface area contributed by atoms with E-state index in [0.717, 1.165) is 13.1 Å². The average molecular weight is 276 g/mol. The monoisotopic (exact) mass is 276 g/mol. The van der Waals surface area contributed by atoms with Gasteiger partial charge in [-0.15, -0.1) is 0 Å². The van der Waals surface area contributed by atoms with Gasteiger partial charge < -0.3 is 20.1 Å². The van der Waals surface area contributed by atoms with Crippen molar-refractivity contribution in [3.8, 4) is 11.5 Å². The fourth-order valence-electron chi connectivity index (χ4n) is 2.68. The first-order valence-corrected chi connectivity index (χ1v) is 7.22. The third-order valence-electron chi connectivity index (χ3n) is 3.76. The molecule has 0 aliphatic carbocycles. The van der Waals surface area contributed by atoms with Crippen LogP contribution in [0, 0.1) is 5.92 Å². The molecular weight excluding hydrogens is 256 g/mol. The highest BCUT2D eigenvalue weighted by Crippen LogP contribution is 2.33. The van der Waals surface area contributed by atoms with Crippen molar-refractivity contribution in [3.63, 3.8) is 0 Å². The summed E-state index contributed by atoms with van der Waals surface area (Å²) in [4.78, 5) is 12.3. The summed E-state index contributed by atoms with van der Waals surface area (Å²) in [6.45, 7) is 3.79. The van der Waals surface area contributed by atoms with E-state index in [1.807, 2.05) is 12.1 Å². The quantitative estimate of drug-likeness (QED) is 0.870.